The Morgan fingerprint density at radius 1 is 1.06 bits per heavy atom. The van der Waals surface area contributed by atoms with Gasteiger partial charge in [0.25, 0.3) is 15.9 Å². The number of rotatable bonds is 6. The molecule has 1 aromatic heterocycles. The largest absolute Gasteiger partial charge is 0.296 e. The molecule has 0 radical (unpaired) electrons. The Labute approximate surface area is 187 Å². The summed E-state index contributed by atoms with van der Waals surface area (Å²) in [7, 11) is -3.89. The molecule has 2 N–H and O–H groups in total. The lowest BCUT2D eigenvalue weighted by Gasteiger charge is -2.20. The number of anilines is 1. The smallest absolute Gasteiger partial charge is 0.270 e. The standard InChI is InChI=1S/C22H26N4O3S2/c1-14-7-6-8-17(13-14)19(27)23-20-24-25-21(30-20)31(28,29)26-15(2)16-9-11-18(12-10-16)22(3,4)5/h6-13,15,26H,1-5H3,(H,23,24,27). The number of hydrogen-bond acceptors (Lipinski definition) is 6. The molecule has 0 bridgehead atoms. The monoisotopic (exact) mass is 458 g/mol. The van der Waals surface area contributed by atoms with E-state index in [1.54, 1.807) is 25.1 Å². The van der Waals surface area contributed by atoms with E-state index in [0.29, 0.717) is 5.56 Å². The number of nitrogens with one attached hydrogen (secondary N) is 2. The van der Waals surface area contributed by atoms with E-state index < -0.39 is 16.1 Å². The van der Waals surface area contributed by atoms with Crippen molar-refractivity contribution in [2.45, 2.75) is 50.4 Å². The molecule has 0 aliphatic carbocycles. The second-order valence-electron chi connectivity index (χ2n) is 8.41. The van der Waals surface area contributed by atoms with Crippen molar-refractivity contribution in [3.05, 3.63) is 70.8 Å². The van der Waals surface area contributed by atoms with Gasteiger partial charge < -0.3 is 0 Å². The highest BCUT2D eigenvalue weighted by Crippen LogP contribution is 2.26. The Balaban J connectivity index is 1.70. The fraction of sp³-hybridized carbons (Fsp3) is 0.318. The molecule has 3 aromatic rings. The van der Waals surface area contributed by atoms with Gasteiger partial charge in [0.15, 0.2) is 0 Å². The van der Waals surface area contributed by atoms with E-state index in [-0.39, 0.29) is 20.8 Å². The third-order valence-electron chi connectivity index (χ3n) is 4.75. The topological polar surface area (TPSA) is 101 Å². The van der Waals surface area contributed by atoms with Gasteiger partial charge in [0, 0.05) is 11.6 Å². The Morgan fingerprint density at radius 2 is 1.74 bits per heavy atom. The molecule has 31 heavy (non-hydrogen) atoms. The maximum Gasteiger partial charge on any atom is 0.270 e. The summed E-state index contributed by atoms with van der Waals surface area (Å²) >= 11 is 0.805. The van der Waals surface area contributed by atoms with Gasteiger partial charge in [-0.05, 0) is 42.5 Å². The Morgan fingerprint density at radius 3 is 2.35 bits per heavy atom. The molecule has 1 atom stereocenters. The molecule has 0 spiro atoms. The number of hydrogen-bond donors (Lipinski definition) is 2. The predicted octanol–water partition coefficient (Wildman–Crippen LogP) is 4.44. The number of nitrogens with zero attached hydrogens (tertiary/aromatic N) is 2. The van der Waals surface area contributed by atoms with Crippen molar-refractivity contribution >= 4 is 32.4 Å². The normalized spacial score (nSPS) is 13.1. The molecule has 0 saturated carbocycles. The van der Waals surface area contributed by atoms with E-state index in [0.717, 1.165) is 22.5 Å². The third-order valence-corrected chi connectivity index (χ3v) is 7.49. The highest BCUT2D eigenvalue weighted by molar-refractivity contribution is 7.91. The molecule has 0 aliphatic rings. The molecule has 0 fully saturated rings. The van der Waals surface area contributed by atoms with Gasteiger partial charge in [0.2, 0.25) is 9.47 Å². The first-order valence-corrected chi connectivity index (χ1v) is 12.1. The van der Waals surface area contributed by atoms with Crippen LogP contribution in [0.3, 0.4) is 0 Å². The summed E-state index contributed by atoms with van der Waals surface area (Å²) in [6.07, 6.45) is 0. The zero-order valence-corrected chi connectivity index (χ0v) is 19.8. The Bertz CT molecular complexity index is 1180. The summed E-state index contributed by atoms with van der Waals surface area (Å²) < 4.78 is 27.9. The molecule has 0 saturated heterocycles. The minimum absolute atomic E-state index is 0.0209. The lowest BCUT2D eigenvalue weighted by atomic mass is 9.86. The molecule has 9 heteroatoms. The van der Waals surface area contributed by atoms with Gasteiger partial charge in [-0.3, -0.25) is 10.1 Å². The van der Waals surface area contributed by atoms with Crippen LogP contribution in [0.2, 0.25) is 0 Å². The summed E-state index contributed by atoms with van der Waals surface area (Å²) in [4.78, 5) is 12.3. The van der Waals surface area contributed by atoms with Crippen molar-refractivity contribution in [1.29, 1.82) is 0 Å². The zero-order valence-electron chi connectivity index (χ0n) is 18.1. The van der Waals surface area contributed by atoms with Crippen LogP contribution in [0.1, 0.15) is 60.8 Å². The zero-order chi connectivity index (χ0) is 22.8. The molecular formula is C22H26N4O3S2. The third kappa shape index (κ3) is 5.75. The van der Waals surface area contributed by atoms with E-state index in [1.807, 2.05) is 37.3 Å². The molecule has 1 unspecified atom stereocenters. The van der Waals surface area contributed by atoms with Crippen LogP contribution in [0, 0.1) is 6.92 Å². The number of amides is 1. The fourth-order valence-electron chi connectivity index (χ4n) is 2.95. The summed E-state index contributed by atoms with van der Waals surface area (Å²) in [6.45, 7) is 10.0. The number of sulfonamides is 1. The predicted molar refractivity (Wildman–Crippen MR) is 123 cm³/mol. The second kappa shape index (κ2) is 8.86. The van der Waals surface area contributed by atoms with Gasteiger partial charge in [-0.15, -0.1) is 10.2 Å². The SMILES string of the molecule is Cc1cccc(C(=O)Nc2nnc(S(=O)(=O)NC(C)c3ccc(C(C)(C)C)cc3)s2)c1. The number of carbonyl (C=O) groups is 1. The number of carbonyl (C=O) groups excluding carboxylic acids is 1. The second-order valence-corrected chi connectivity index (χ2v) is 11.3. The molecule has 0 aliphatic heterocycles. The number of benzene rings is 2. The van der Waals surface area contributed by atoms with Crippen molar-refractivity contribution in [2.24, 2.45) is 0 Å². The van der Waals surface area contributed by atoms with Gasteiger partial charge >= 0.3 is 0 Å². The average molecular weight is 459 g/mol. The van der Waals surface area contributed by atoms with Crippen LogP contribution in [0.15, 0.2) is 52.9 Å². The lowest BCUT2D eigenvalue weighted by Crippen LogP contribution is -2.27. The molecule has 1 amide bonds. The van der Waals surface area contributed by atoms with Crippen molar-refractivity contribution < 1.29 is 13.2 Å². The minimum Gasteiger partial charge on any atom is -0.296 e. The van der Waals surface area contributed by atoms with Crippen LogP contribution >= 0.6 is 11.3 Å². The summed E-state index contributed by atoms with van der Waals surface area (Å²) in [6, 6.07) is 14.5. The first kappa shape index (κ1) is 23.1. The van der Waals surface area contributed by atoms with Gasteiger partial charge in [0.1, 0.15) is 0 Å². The van der Waals surface area contributed by atoms with Gasteiger partial charge in [0.05, 0.1) is 0 Å². The highest BCUT2D eigenvalue weighted by atomic mass is 32.2. The van der Waals surface area contributed by atoms with E-state index in [9.17, 15) is 13.2 Å². The van der Waals surface area contributed by atoms with Gasteiger partial charge in [-0.2, -0.15) is 0 Å². The molecule has 3 rings (SSSR count). The molecular weight excluding hydrogens is 432 g/mol. The average Bonchev–Trinajstić information content (AvgIpc) is 3.16. The minimum atomic E-state index is -3.89. The van der Waals surface area contributed by atoms with Crippen LogP contribution in [0.5, 0.6) is 0 Å². The Hall–Kier alpha value is -2.62. The van der Waals surface area contributed by atoms with Gasteiger partial charge in [-0.1, -0.05) is 74.1 Å². The summed E-state index contributed by atoms with van der Waals surface area (Å²) in [5.74, 6) is -0.371. The maximum atomic E-state index is 12.7. The van der Waals surface area contributed by atoms with E-state index in [2.05, 4.69) is 41.0 Å². The maximum absolute atomic E-state index is 12.7. The van der Waals surface area contributed by atoms with E-state index in [4.69, 9.17) is 0 Å². The summed E-state index contributed by atoms with van der Waals surface area (Å²) in [5.41, 5.74) is 3.44. The number of aryl methyl sites for hydroxylation is 1. The molecule has 164 valence electrons. The van der Waals surface area contributed by atoms with Crippen molar-refractivity contribution in [1.82, 2.24) is 14.9 Å². The van der Waals surface area contributed by atoms with E-state index >= 15 is 0 Å². The van der Waals surface area contributed by atoms with Crippen molar-refractivity contribution in [2.75, 3.05) is 5.32 Å². The van der Waals surface area contributed by atoms with Crippen LogP contribution in [0.4, 0.5) is 5.13 Å². The molecule has 7 nitrogen and oxygen atoms in total. The van der Waals surface area contributed by atoms with Crippen LogP contribution < -0.4 is 10.0 Å². The molecule has 2 aromatic carbocycles. The summed E-state index contributed by atoms with van der Waals surface area (Å²) in [5, 5.41) is 10.3. The van der Waals surface area contributed by atoms with Crippen molar-refractivity contribution in [3.8, 4) is 0 Å². The first-order valence-electron chi connectivity index (χ1n) is 9.80. The van der Waals surface area contributed by atoms with Crippen LogP contribution in [-0.4, -0.2) is 24.5 Å². The van der Waals surface area contributed by atoms with Crippen LogP contribution in [0.25, 0.3) is 0 Å². The van der Waals surface area contributed by atoms with Gasteiger partial charge in [-0.25, -0.2) is 13.1 Å². The number of aromatic nitrogens is 2. The quantitative estimate of drug-likeness (QED) is 0.532. The lowest BCUT2D eigenvalue weighted by molar-refractivity contribution is 0.102. The van der Waals surface area contributed by atoms with Crippen molar-refractivity contribution in [3.63, 3.8) is 0 Å². The molecule has 1 heterocycles. The van der Waals surface area contributed by atoms with E-state index in [1.165, 1.54) is 5.56 Å². The fourth-order valence-corrected chi connectivity index (χ4v) is 5.09. The first-order chi connectivity index (χ1) is 14.5. The highest BCUT2D eigenvalue weighted by Gasteiger charge is 2.24. The Kier molecular flexibility index (Phi) is 6.59. The van der Waals surface area contributed by atoms with Crippen LogP contribution in [-0.2, 0) is 15.4 Å².